The van der Waals surface area contributed by atoms with Gasteiger partial charge < -0.3 is 4.74 Å². The maximum Gasteiger partial charge on any atom is 0.211 e. The summed E-state index contributed by atoms with van der Waals surface area (Å²) < 4.78 is 29.9. The van der Waals surface area contributed by atoms with Gasteiger partial charge in [0.15, 0.2) is 0 Å². The van der Waals surface area contributed by atoms with Crippen molar-refractivity contribution in [3.8, 4) is 11.8 Å². The molecule has 1 aromatic rings. The lowest BCUT2D eigenvalue weighted by molar-refractivity contribution is 0.159. The smallest absolute Gasteiger partial charge is 0.211 e. The molecule has 0 atom stereocenters. The number of hydrogen-bond acceptors (Lipinski definition) is 5. The average Bonchev–Trinajstić information content (AvgIpc) is 2.47. The first-order chi connectivity index (χ1) is 9.99. The van der Waals surface area contributed by atoms with Crippen LogP contribution in [0.3, 0.4) is 0 Å². The molecule has 0 radical (unpaired) electrons. The molecular weight excluding hydrogens is 290 g/mol. The number of ether oxygens (including phenoxy) is 1. The molecule has 1 heterocycles. The summed E-state index contributed by atoms with van der Waals surface area (Å²) >= 11 is 0. The zero-order valence-corrected chi connectivity index (χ0v) is 12.8. The maximum atomic E-state index is 11.4. The molecule has 114 valence electrons. The van der Waals surface area contributed by atoms with Crippen molar-refractivity contribution in [1.82, 2.24) is 9.21 Å². The largest absolute Gasteiger partial charge is 0.492 e. The highest BCUT2D eigenvalue weighted by molar-refractivity contribution is 7.88. The van der Waals surface area contributed by atoms with Crippen LogP contribution < -0.4 is 4.74 Å². The lowest BCUT2D eigenvalue weighted by Crippen LogP contribution is -2.49. The fraction of sp³-hybridized carbons (Fsp3) is 0.500. The summed E-state index contributed by atoms with van der Waals surface area (Å²) in [5.41, 5.74) is 0.578. The third kappa shape index (κ3) is 4.70. The third-order valence-electron chi connectivity index (χ3n) is 3.44. The molecule has 7 heteroatoms. The van der Waals surface area contributed by atoms with Gasteiger partial charge in [-0.05, 0) is 18.2 Å². The van der Waals surface area contributed by atoms with E-state index in [0.717, 1.165) is 6.54 Å². The Balaban J connectivity index is 1.74. The molecular formula is C14H19N3O3S. The van der Waals surface area contributed by atoms with Gasteiger partial charge in [0.1, 0.15) is 12.4 Å². The quantitative estimate of drug-likeness (QED) is 0.792. The van der Waals surface area contributed by atoms with Crippen molar-refractivity contribution in [2.24, 2.45) is 0 Å². The van der Waals surface area contributed by atoms with Crippen molar-refractivity contribution in [3.63, 3.8) is 0 Å². The first kappa shape index (κ1) is 15.8. The number of rotatable bonds is 5. The molecule has 0 unspecified atom stereocenters. The second kappa shape index (κ2) is 6.89. The number of nitriles is 1. The van der Waals surface area contributed by atoms with Crippen molar-refractivity contribution in [1.29, 1.82) is 5.26 Å². The lowest BCUT2D eigenvalue weighted by Gasteiger charge is -2.33. The van der Waals surface area contributed by atoms with Gasteiger partial charge in [0.2, 0.25) is 10.0 Å². The van der Waals surface area contributed by atoms with E-state index in [1.165, 1.54) is 10.6 Å². The Bertz CT molecular complexity index is 617. The predicted molar refractivity (Wildman–Crippen MR) is 79.5 cm³/mol. The first-order valence-corrected chi connectivity index (χ1v) is 8.64. The molecule has 0 bridgehead atoms. The van der Waals surface area contributed by atoms with Crippen LogP contribution in [0.5, 0.6) is 5.75 Å². The third-order valence-corrected chi connectivity index (χ3v) is 4.74. The molecule has 0 N–H and O–H groups in total. The van der Waals surface area contributed by atoms with Gasteiger partial charge in [0, 0.05) is 32.7 Å². The molecule has 0 amide bonds. The normalized spacial score (nSPS) is 17.3. The van der Waals surface area contributed by atoms with Gasteiger partial charge >= 0.3 is 0 Å². The minimum atomic E-state index is -3.08. The molecule has 0 aromatic heterocycles. The number of benzene rings is 1. The highest BCUT2D eigenvalue weighted by atomic mass is 32.2. The van der Waals surface area contributed by atoms with Gasteiger partial charge in [-0.1, -0.05) is 6.07 Å². The molecule has 0 spiro atoms. The zero-order valence-electron chi connectivity index (χ0n) is 12.0. The van der Waals surface area contributed by atoms with Crippen LogP contribution in [-0.2, 0) is 10.0 Å². The number of hydrogen-bond donors (Lipinski definition) is 0. The molecule has 1 aliphatic heterocycles. The van der Waals surface area contributed by atoms with E-state index in [-0.39, 0.29) is 0 Å². The topological polar surface area (TPSA) is 73.6 Å². The van der Waals surface area contributed by atoms with E-state index >= 15 is 0 Å². The summed E-state index contributed by atoms with van der Waals surface area (Å²) in [4.78, 5) is 2.18. The van der Waals surface area contributed by atoms with E-state index < -0.39 is 10.0 Å². The molecule has 0 saturated carbocycles. The molecule has 1 aliphatic rings. The summed E-state index contributed by atoms with van der Waals surface area (Å²) in [6.45, 7) is 3.76. The van der Waals surface area contributed by atoms with E-state index in [1.54, 1.807) is 18.2 Å². The van der Waals surface area contributed by atoms with Crippen LogP contribution in [0.4, 0.5) is 0 Å². The van der Waals surface area contributed by atoms with Crippen molar-refractivity contribution in [2.75, 3.05) is 45.6 Å². The highest BCUT2D eigenvalue weighted by Crippen LogP contribution is 2.12. The summed E-state index contributed by atoms with van der Waals surface area (Å²) in [5, 5.41) is 8.81. The minimum Gasteiger partial charge on any atom is -0.492 e. The van der Waals surface area contributed by atoms with Crippen molar-refractivity contribution >= 4 is 10.0 Å². The second-order valence-electron chi connectivity index (χ2n) is 4.99. The maximum absolute atomic E-state index is 11.4. The van der Waals surface area contributed by atoms with Crippen LogP contribution in [-0.4, -0.2) is 63.2 Å². The van der Waals surface area contributed by atoms with Gasteiger partial charge in [-0.3, -0.25) is 4.90 Å². The standard InChI is InChI=1S/C14H19N3O3S/c1-21(18,19)17-7-5-16(6-8-17)9-10-20-14-4-2-3-13(11-14)12-15/h2-4,11H,5-10H2,1H3. The van der Waals surface area contributed by atoms with Gasteiger partial charge in [-0.25, -0.2) is 8.42 Å². The molecule has 1 saturated heterocycles. The molecule has 21 heavy (non-hydrogen) atoms. The van der Waals surface area contributed by atoms with Crippen LogP contribution in [0.15, 0.2) is 24.3 Å². The van der Waals surface area contributed by atoms with Gasteiger partial charge in [-0.15, -0.1) is 0 Å². The second-order valence-corrected chi connectivity index (χ2v) is 6.97. The van der Waals surface area contributed by atoms with Crippen molar-refractivity contribution in [2.45, 2.75) is 0 Å². The van der Waals surface area contributed by atoms with Crippen LogP contribution in [0.2, 0.25) is 0 Å². The monoisotopic (exact) mass is 309 g/mol. The summed E-state index contributed by atoms with van der Waals surface area (Å²) in [6.07, 6.45) is 1.24. The SMILES string of the molecule is CS(=O)(=O)N1CCN(CCOc2cccc(C#N)c2)CC1. The van der Waals surface area contributed by atoms with E-state index in [1.807, 2.05) is 6.07 Å². The highest BCUT2D eigenvalue weighted by Gasteiger charge is 2.22. The van der Waals surface area contributed by atoms with Gasteiger partial charge in [-0.2, -0.15) is 9.57 Å². The Kier molecular flexibility index (Phi) is 5.17. The fourth-order valence-electron chi connectivity index (χ4n) is 2.23. The predicted octanol–water partition coefficient (Wildman–Crippen LogP) is 0.514. The average molecular weight is 309 g/mol. The Morgan fingerprint density at radius 1 is 1.29 bits per heavy atom. The number of sulfonamides is 1. The van der Waals surface area contributed by atoms with Crippen LogP contribution in [0.1, 0.15) is 5.56 Å². The van der Waals surface area contributed by atoms with E-state index in [9.17, 15) is 8.42 Å². The van der Waals surface area contributed by atoms with Gasteiger partial charge in [0.25, 0.3) is 0 Å². The number of nitrogens with zero attached hydrogens (tertiary/aromatic N) is 3. The summed E-state index contributed by atoms with van der Waals surface area (Å²) in [6, 6.07) is 9.13. The van der Waals surface area contributed by atoms with E-state index in [2.05, 4.69) is 11.0 Å². The van der Waals surface area contributed by atoms with Crippen LogP contribution in [0.25, 0.3) is 0 Å². The van der Waals surface area contributed by atoms with Crippen molar-refractivity contribution < 1.29 is 13.2 Å². The minimum absolute atomic E-state index is 0.522. The molecule has 0 aliphatic carbocycles. The molecule has 2 rings (SSSR count). The summed E-state index contributed by atoms with van der Waals surface area (Å²) in [7, 11) is -3.08. The Morgan fingerprint density at radius 2 is 2.00 bits per heavy atom. The molecule has 1 aromatic carbocycles. The van der Waals surface area contributed by atoms with Gasteiger partial charge in [0.05, 0.1) is 17.9 Å². The molecule has 1 fully saturated rings. The Hall–Kier alpha value is -1.62. The number of piperazine rings is 1. The van der Waals surface area contributed by atoms with Crippen LogP contribution >= 0.6 is 0 Å². The zero-order chi connectivity index (χ0) is 15.3. The van der Waals surface area contributed by atoms with Crippen molar-refractivity contribution in [3.05, 3.63) is 29.8 Å². The summed E-state index contributed by atoms with van der Waals surface area (Å²) in [5.74, 6) is 0.684. The Morgan fingerprint density at radius 3 is 2.62 bits per heavy atom. The van der Waals surface area contributed by atoms with Crippen LogP contribution in [0, 0.1) is 11.3 Å². The van der Waals surface area contributed by atoms with E-state index in [0.29, 0.717) is 44.1 Å². The Labute approximate surface area is 125 Å². The first-order valence-electron chi connectivity index (χ1n) is 6.79. The fourth-order valence-corrected chi connectivity index (χ4v) is 3.06. The lowest BCUT2D eigenvalue weighted by atomic mass is 10.2. The van der Waals surface area contributed by atoms with E-state index in [4.69, 9.17) is 10.00 Å². The molecule has 6 nitrogen and oxygen atoms in total.